The Balaban J connectivity index is 2.20. The van der Waals surface area contributed by atoms with E-state index in [2.05, 4.69) is 5.32 Å². The van der Waals surface area contributed by atoms with E-state index >= 15 is 0 Å². The van der Waals surface area contributed by atoms with Crippen LogP contribution < -0.4 is 19.7 Å². The van der Waals surface area contributed by atoms with E-state index in [0.29, 0.717) is 30.4 Å². The molecular formula is C14H21FN2O3. The number of benzene rings is 1. The molecule has 1 aliphatic rings. The number of nitrogens with zero attached hydrogens (tertiary/aromatic N) is 1. The number of rotatable bonds is 6. The summed E-state index contributed by atoms with van der Waals surface area (Å²) in [6, 6.07) is 3.08. The minimum absolute atomic E-state index is 0.289. The van der Waals surface area contributed by atoms with E-state index in [4.69, 9.17) is 14.2 Å². The summed E-state index contributed by atoms with van der Waals surface area (Å²) in [5.41, 5.74) is 0.555. The average molecular weight is 284 g/mol. The molecule has 1 heterocycles. The standard InChI is InChI=1S/C14H21FN2O3/c1-18-7-8-20-14-10-12(11(15)9-13(14)19-2)17-5-3-16-4-6-17/h9-10,16H,3-8H2,1-2H3. The van der Waals surface area contributed by atoms with Crippen molar-refractivity contribution in [1.29, 1.82) is 0 Å². The molecule has 0 aliphatic carbocycles. The van der Waals surface area contributed by atoms with Gasteiger partial charge in [0.1, 0.15) is 12.4 Å². The van der Waals surface area contributed by atoms with Gasteiger partial charge in [-0.05, 0) is 0 Å². The van der Waals surface area contributed by atoms with E-state index in [0.717, 1.165) is 26.2 Å². The lowest BCUT2D eigenvalue weighted by Crippen LogP contribution is -2.43. The lowest BCUT2D eigenvalue weighted by atomic mass is 10.2. The van der Waals surface area contributed by atoms with Gasteiger partial charge in [0.2, 0.25) is 0 Å². The van der Waals surface area contributed by atoms with Crippen LogP contribution in [0.3, 0.4) is 0 Å². The highest BCUT2D eigenvalue weighted by Gasteiger charge is 2.18. The van der Waals surface area contributed by atoms with E-state index in [9.17, 15) is 4.39 Å². The summed E-state index contributed by atoms with van der Waals surface area (Å²) in [4.78, 5) is 2.01. The van der Waals surface area contributed by atoms with Crippen molar-refractivity contribution in [2.45, 2.75) is 0 Å². The first-order valence-electron chi connectivity index (χ1n) is 6.71. The zero-order valence-electron chi connectivity index (χ0n) is 11.9. The molecule has 20 heavy (non-hydrogen) atoms. The van der Waals surface area contributed by atoms with Crippen molar-refractivity contribution in [2.75, 3.05) is 58.5 Å². The number of nitrogens with one attached hydrogen (secondary N) is 1. The van der Waals surface area contributed by atoms with Gasteiger partial charge in [-0.3, -0.25) is 0 Å². The maximum absolute atomic E-state index is 14.2. The molecule has 0 saturated carbocycles. The van der Waals surface area contributed by atoms with Gasteiger partial charge in [-0.1, -0.05) is 0 Å². The summed E-state index contributed by atoms with van der Waals surface area (Å²) in [5.74, 6) is 0.653. The zero-order chi connectivity index (χ0) is 14.4. The van der Waals surface area contributed by atoms with Gasteiger partial charge in [-0.25, -0.2) is 4.39 Å². The van der Waals surface area contributed by atoms with Crippen LogP contribution in [-0.2, 0) is 4.74 Å². The first-order chi connectivity index (χ1) is 9.76. The molecule has 0 radical (unpaired) electrons. The Kier molecular flexibility index (Phi) is 5.43. The molecule has 0 amide bonds. The number of anilines is 1. The summed E-state index contributed by atoms with van der Waals surface area (Å²) in [6.45, 7) is 4.14. The van der Waals surface area contributed by atoms with Crippen molar-refractivity contribution < 1.29 is 18.6 Å². The van der Waals surface area contributed by atoms with Gasteiger partial charge in [0.15, 0.2) is 11.5 Å². The van der Waals surface area contributed by atoms with Gasteiger partial charge in [-0.15, -0.1) is 0 Å². The normalized spacial score (nSPS) is 15.2. The molecule has 6 heteroatoms. The van der Waals surface area contributed by atoms with Crippen LogP contribution in [0.2, 0.25) is 0 Å². The van der Waals surface area contributed by atoms with Crippen LogP contribution in [0.25, 0.3) is 0 Å². The third-order valence-electron chi connectivity index (χ3n) is 3.24. The van der Waals surface area contributed by atoms with Gasteiger partial charge >= 0.3 is 0 Å². The molecule has 112 valence electrons. The van der Waals surface area contributed by atoms with E-state index in [1.54, 1.807) is 13.2 Å². The van der Waals surface area contributed by atoms with Crippen LogP contribution in [0.1, 0.15) is 0 Å². The zero-order valence-corrected chi connectivity index (χ0v) is 11.9. The maximum Gasteiger partial charge on any atom is 0.163 e. The molecule has 1 aromatic carbocycles. The van der Waals surface area contributed by atoms with Crippen molar-refractivity contribution in [1.82, 2.24) is 5.32 Å². The Morgan fingerprint density at radius 3 is 2.55 bits per heavy atom. The summed E-state index contributed by atoms with van der Waals surface area (Å²) in [7, 11) is 3.11. The topological polar surface area (TPSA) is 43.0 Å². The fourth-order valence-electron chi connectivity index (χ4n) is 2.18. The molecule has 2 rings (SSSR count). The van der Waals surface area contributed by atoms with Crippen LogP contribution in [-0.4, -0.2) is 53.6 Å². The lowest BCUT2D eigenvalue weighted by molar-refractivity contribution is 0.144. The van der Waals surface area contributed by atoms with Crippen LogP contribution in [0.15, 0.2) is 12.1 Å². The molecule has 1 aromatic rings. The van der Waals surface area contributed by atoms with Crippen molar-refractivity contribution >= 4 is 5.69 Å². The summed E-state index contributed by atoms with van der Waals surface area (Å²) in [6.07, 6.45) is 0. The van der Waals surface area contributed by atoms with E-state index in [-0.39, 0.29) is 5.82 Å². The molecule has 0 atom stereocenters. The molecule has 0 spiro atoms. The van der Waals surface area contributed by atoms with E-state index in [1.807, 2.05) is 4.90 Å². The fourth-order valence-corrected chi connectivity index (χ4v) is 2.18. The number of halogens is 1. The molecule has 5 nitrogen and oxygen atoms in total. The van der Waals surface area contributed by atoms with Crippen molar-refractivity contribution in [3.8, 4) is 11.5 Å². The van der Waals surface area contributed by atoms with Crippen molar-refractivity contribution in [2.24, 2.45) is 0 Å². The first-order valence-corrected chi connectivity index (χ1v) is 6.71. The van der Waals surface area contributed by atoms with Crippen LogP contribution in [0.5, 0.6) is 11.5 Å². The van der Waals surface area contributed by atoms with E-state index < -0.39 is 0 Å². The highest BCUT2D eigenvalue weighted by molar-refractivity contribution is 5.58. The summed E-state index contributed by atoms with van der Waals surface area (Å²) < 4.78 is 29.9. The number of hydrogen-bond acceptors (Lipinski definition) is 5. The van der Waals surface area contributed by atoms with Crippen LogP contribution in [0.4, 0.5) is 10.1 Å². The minimum Gasteiger partial charge on any atom is -0.493 e. The highest BCUT2D eigenvalue weighted by Crippen LogP contribution is 2.34. The third kappa shape index (κ3) is 3.52. The second-order valence-electron chi connectivity index (χ2n) is 4.53. The summed E-state index contributed by atoms with van der Waals surface area (Å²) >= 11 is 0. The smallest absolute Gasteiger partial charge is 0.163 e. The SMILES string of the molecule is COCCOc1cc(N2CCNCC2)c(F)cc1OC. The van der Waals surface area contributed by atoms with Crippen molar-refractivity contribution in [3.05, 3.63) is 17.9 Å². The van der Waals surface area contributed by atoms with Gasteiger partial charge in [0, 0.05) is 45.4 Å². The van der Waals surface area contributed by atoms with Crippen LogP contribution >= 0.6 is 0 Å². The lowest BCUT2D eigenvalue weighted by Gasteiger charge is -2.30. The number of piperazine rings is 1. The Morgan fingerprint density at radius 2 is 1.90 bits per heavy atom. The van der Waals surface area contributed by atoms with Gasteiger partial charge in [0.05, 0.1) is 19.4 Å². The third-order valence-corrected chi connectivity index (χ3v) is 3.24. The molecule has 0 aromatic heterocycles. The fraction of sp³-hybridized carbons (Fsp3) is 0.571. The van der Waals surface area contributed by atoms with Gasteiger partial charge in [-0.2, -0.15) is 0 Å². The largest absolute Gasteiger partial charge is 0.493 e. The number of hydrogen-bond donors (Lipinski definition) is 1. The predicted molar refractivity (Wildman–Crippen MR) is 75.4 cm³/mol. The Labute approximate surface area is 118 Å². The quantitative estimate of drug-likeness (QED) is 0.797. The number of methoxy groups -OCH3 is 2. The maximum atomic E-state index is 14.2. The molecule has 0 bridgehead atoms. The monoisotopic (exact) mass is 284 g/mol. The molecule has 1 aliphatic heterocycles. The Morgan fingerprint density at radius 1 is 1.15 bits per heavy atom. The summed E-state index contributed by atoms with van der Waals surface area (Å²) in [5, 5.41) is 3.25. The van der Waals surface area contributed by atoms with E-state index in [1.165, 1.54) is 13.2 Å². The van der Waals surface area contributed by atoms with Crippen molar-refractivity contribution in [3.63, 3.8) is 0 Å². The predicted octanol–water partition coefficient (Wildman–Crippen LogP) is 1.27. The number of ether oxygens (including phenoxy) is 3. The average Bonchev–Trinajstić information content (AvgIpc) is 2.49. The highest BCUT2D eigenvalue weighted by atomic mass is 19.1. The second kappa shape index (κ2) is 7.31. The molecule has 0 unspecified atom stereocenters. The first kappa shape index (κ1) is 14.9. The molecule has 1 fully saturated rings. The minimum atomic E-state index is -0.289. The second-order valence-corrected chi connectivity index (χ2v) is 4.53. The Bertz CT molecular complexity index is 437. The molecule has 1 saturated heterocycles. The Hall–Kier alpha value is -1.53. The van der Waals surface area contributed by atoms with Gasteiger partial charge < -0.3 is 24.4 Å². The molecule has 1 N–H and O–H groups in total. The van der Waals surface area contributed by atoms with Crippen LogP contribution in [0, 0.1) is 5.82 Å². The van der Waals surface area contributed by atoms with Gasteiger partial charge in [0.25, 0.3) is 0 Å². The molecular weight excluding hydrogens is 263 g/mol.